The van der Waals surface area contributed by atoms with Crippen molar-refractivity contribution in [3.63, 3.8) is 0 Å². The number of aromatic nitrogens is 2. The lowest BCUT2D eigenvalue weighted by atomic mass is 10.1. The first kappa shape index (κ1) is 21.9. The lowest BCUT2D eigenvalue weighted by Crippen LogP contribution is -2.19. The fourth-order valence-electron chi connectivity index (χ4n) is 2.63. The molecule has 30 heavy (non-hydrogen) atoms. The van der Waals surface area contributed by atoms with E-state index in [0.29, 0.717) is 38.7 Å². The van der Waals surface area contributed by atoms with Gasteiger partial charge in [0.15, 0.2) is 0 Å². The molecule has 0 saturated carbocycles. The minimum Gasteiger partial charge on any atom is -0.355 e. The molecule has 11 heteroatoms. The van der Waals surface area contributed by atoms with Crippen LogP contribution in [0.3, 0.4) is 0 Å². The normalized spacial score (nSPS) is 11.1. The van der Waals surface area contributed by atoms with Gasteiger partial charge in [-0.15, -0.1) is 0 Å². The number of nitrogens with zero attached hydrogens (tertiary/aromatic N) is 2. The number of amides is 1. The second-order valence-electron chi connectivity index (χ2n) is 6.28. The van der Waals surface area contributed by atoms with Crippen molar-refractivity contribution in [2.24, 2.45) is 0 Å². The Hall–Kier alpha value is -2.78. The molecule has 3 rings (SSSR count). The van der Waals surface area contributed by atoms with Gasteiger partial charge in [0.25, 0.3) is 5.91 Å². The fourth-order valence-corrected chi connectivity index (χ4v) is 3.60. The Balaban J connectivity index is 1.79. The van der Waals surface area contributed by atoms with Crippen LogP contribution in [0.5, 0.6) is 0 Å². The SMILES string of the molecule is CNC(=O)c1ccccc1Nc1nc(Nc2ccc(CP(=O)(O)O)cc2)ncc1Br. The van der Waals surface area contributed by atoms with Crippen LogP contribution in [-0.4, -0.2) is 32.7 Å². The van der Waals surface area contributed by atoms with Crippen LogP contribution in [0.15, 0.2) is 59.2 Å². The topological polar surface area (TPSA) is 136 Å². The minimum atomic E-state index is -4.12. The van der Waals surface area contributed by atoms with Crippen LogP contribution in [0.4, 0.5) is 23.1 Å². The highest BCUT2D eigenvalue weighted by Gasteiger charge is 2.14. The Labute approximate surface area is 181 Å². The molecule has 0 unspecified atom stereocenters. The number of carbonyl (C=O) groups is 1. The van der Waals surface area contributed by atoms with E-state index in [1.165, 1.54) is 0 Å². The molecule has 1 amide bonds. The zero-order chi connectivity index (χ0) is 21.7. The monoisotopic (exact) mass is 491 g/mol. The molecule has 0 spiro atoms. The number of carbonyl (C=O) groups excluding carboxylic acids is 1. The van der Waals surface area contributed by atoms with Gasteiger partial charge in [0, 0.05) is 18.9 Å². The largest absolute Gasteiger partial charge is 0.355 e. The molecule has 0 fully saturated rings. The molecule has 1 aromatic heterocycles. The molecular weight excluding hydrogens is 473 g/mol. The van der Waals surface area contributed by atoms with Crippen molar-refractivity contribution in [1.82, 2.24) is 15.3 Å². The predicted molar refractivity (Wildman–Crippen MR) is 118 cm³/mol. The summed E-state index contributed by atoms with van der Waals surface area (Å²) in [7, 11) is -2.55. The molecule has 0 radical (unpaired) electrons. The van der Waals surface area contributed by atoms with E-state index < -0.39 is 7.60 Å². The first-order valence-corrected chi connectivity index (χ1v) is 11.4. The molecular formula is C19H19BrN5O4P. The molecule has 0 aliphatic carbocycles. The number of para-hydroxylation sites is 1. The van der Waals surface area contributed by atoms with Gasteiger partial charge < -0.3 is 25.7 Å². The summed E-state index contributed by atoms with van der Waals surface area (Å²) in [5, 5.41) is 8.77. The van der Waals surface area contributed by atoms with Gasteiger partial charge in [-0.2, -0.15) is 4.98 Å². The van der Waals surface area contributed by atoms with E-state index in [-0.39, 0.29) is 12.1 Å². The highest BCUT2D eigenvalue weighted by atomic mass is 79.9. The van der Waals surface area contributed by atoms with Crippen LogP contribution in [-0.2, 0) is 10.7 Å². The Morgan fingerprint density at radius 1 is 1.10 bits per heavy atom. The Morgan fingerprint density at radius 3 is 2.47 bits per heavy atom. The average molecular weight is 492 g/mol. The molecule has 5 N–H and O–H groups in total. The van der Waals surface area contributed by atoms with E-state index in [1.807, 2.05) is 6.07 Å². The molecule has 3 aromatic rings. The van der Waals surface area contributed by atoms with Gasteiger partial charge in [0.05, 0.1) is 21.9 Å². The van der Waals surface area contributed by atoms with E-state index >= 15 is 0 Å². The maximum absolute atomic E-state index is 12.1. The smallest absolute Gasteiger partial charge is 0.329 e. The first-order valence-electron chi connectivity index (χ1n) is 8.76. The zero-order valence-corrected chi connectivity index (χ0v) is 18.3. The van der Waals surface area contributed by atoms with Crippen molar-refractivity contribution in [1.29, 1.82) is 0 Å². The standard InChI is InChI=1S/C19H19BrN5O4P/c1-21-18(26)14-4-2-3-5-16(14)24-17-15(20)10-22-19(25-17)23-13-8-6-12(7-9-13)11-30(27,28)29/h2-10H,11H2,1H3,(H,21,26)(H2,27,28,29)(H2,22,23,24,25). The molecule has 156 valence electrons. The third-order valence-corrected chi connectivity index (χ3v) is 5.35. The number of nitrogens with one attached hydrogen (secondary N) is 3. The second-order valence-corrected chi connectivity index (χ2v) is 8.78. The van der Waals surface area contributed by atoms with E-state index in [2.05, 4.69) is 41.8 Å². The molecule has 0 aliphatic rings. The van der Waals surface area contributed by atoms with Crippen LogP contribution in [0.1, 0.15) is 15.9 Å². The highest BCUT2D eigenvalue weighted by molar-refractivity contribution is 9.10. The Kier molecular flexibility index (Phi) is 6.84. The molecule has 0 atom stereocenters. The summed E-state index contributed by atoms with van der Waals surface area (Å²) < 4.78 is 11.7. The number of rotatable bonds is 7. The molecule has 2 aromatic carbocycles. The first-order chi connectivity index (χ1) is 14.2. The van der Waals surface area contributed by atoms with E-state index in [1.54, 1.807) is 55.7 Å². The number of hydrogen-bond acceptors (Lipinski definition) is 6. The van der Waals surface area contributed by atoms with Gasteiger partial charge in [0.1, 0.15) is 5.82 Å². The van der Waals surface area contributed by atoms with Gasteiger partial charge in [-0.3, -0.25) is 9.36 Å². The van der Waals surface area contributed by atoms with E-state index in [0.717, 1.165) is 0 Å². The average Bonchev–Trinajstić information content (AvgIpc) is 2.71. The van der Waals surface area contributed by atoms with Gasteiger partial charge in [0.2, 0.25) is 5.95 Å². The van der Waals surface area contributed by atoms with Crippen LogP contribution >= 0.6 is 23.5 Å². The van der Waals surface area contributed by atoms with Crippen molar-refractivity contribution < 1.29 is 19.1 Å². The summed E-state index contributed by atoms with van der Waals surface area (Å²) >= 11 is 3.40. The van der Waals surface area contributed by atoms with Crippen LogP contribution in [0.25, 0.3) is 0 Å². The van der Waals surface area contributed by atoms with Crippen molar-refractivity contribution in [2.45, 2.75) is 6.16 Å². The maximum atomic E-state index is 12.1. The van der Waals surface area contributed by atoms with Crippen LogP contribution < -0.4 is 16.0 Å². The molecule has 0 bridgehead atoms. The summed E-state index contributed by atoms with van der Waals surface area (Å²) in [6, 6.07) is 13.7. The van der Waals surface area contributed by atoms with Crippen molar-refractivity contribution in [3.05, 3.63) is 70.3 Å². The van der Waals surface area contributed by atoms with E-state index in [4.69, 9.17) is 9.79 Å². The third-order valence-electron chi connectivity index (χ3n) is 3.99. The van der Waals surface area contributed by atoms with Gasteiger partial charge >= 0.3 is 7.60 Å². The summed E-state index contributed by atoms with van der Waals surface area (Å²) in [6.45, 7) is 0. The maximum Gasteiger partial charge on any atom is 0.329 e. The van der Waals surface area contributed by atoms with E-state index in [9.17, 15) is 9.36 Å². The number of halogens is 1. The van der Waals surface area contributed by atoms with Gasteiger partial charge in [-0.25, -0.2) is 4.98 Å². The van der Waals surface area contributed by atoms with Crippen molar-refractivity contribution >= 4 is 52.6 Å². The lowest BCUT2D eigenvalue weighted by molar-refractivity contribution is 0.0964. The Morgan fingerprint density at radius 2 is 1.80 bits per heavy atom. The minimum absolute atomic E-state index is 0.225. The molecule has 0 aliphatic heterocycles. The lowest BCUT2D eigenvalue weighted by Gasteiger charge is -2.13. The Bertz CT molecular complexity index is 1100. The summed E-state index contributed by atoms with van der Waals surface area (Å²) in [4.78, 5) is 38.9. The predicted octanol–water partition coefficient (Wildman–Crippen LogP) is 3.76. The van der Waals surface area contributed by atoms with Crippen molar-refractivity contribution in [2.75, 3.05) is 17.7 Å². The second kappa shape index (κ2) is 9.36. The number of hydrogen-bond donors (Lipinski definition) is 5. The molecule has 0 saturated heterocycles. The summed E-state index contributed by atoms with van der Waals surface area (Å²) in [5.74, 6) is 0.542. The van der Waals surface area contributed by atoms with Gasteiger partial charge in [-0.1, -0.05) is 24.3 Å². The third kappa shape index (κ3) is 5.87. The molecule has 9 nitrogen and oxygen atoms in total. The van der Waals surface area contributed by atoms with Crippen LogP contribution in [0, 0.1) is 0 Å². The molecule has 1 heterocycles. The fraction of sp³-hybridized carbons (Fsp3) is 0.105. The summed E-state index contributed by atoms with van der Waals surface area (Å²) in [5.41, 5.74) is 2.24. The zero-order valence-electron chi connectivity index (χ0n) is 15.8. The van der Waals surface area contributed by atoms with Crippen molar-refractivity contribution in [3.8, 4) is 0 Å². The quantitative estimate of drug-likeness (QED) is 0.315. The highest BCUT2D eigenvalue weighted by Crippen LogP contribution is 2.39. The summed E-state index contributed by atoms with van der Waals surface area (Å²) in [6.07, 6.45) is 1.25. The van der Waals surface area contributed by atoms with Gasteiger partial charge in [-0.05, 0) is 45.8 Å². The van der Waals surface area contributed by atoms with Crippen LogP contribution in [0.2, 0.25) is 0 Å². The number of anilines is 4. The number of benzene rings is 2.